The van der Waals surface area contributed by atoms with Gasteiger partial charge >= 0.3 is 0 Å². The second kappa shape index (κ2) is 8.91. The number of rotatable bonds is 9. The smallest absolute Gasteiger partial charge is 0.119 e. The van der Waals surface area contributed by atoms with Crippen molar-refractivity contribution < 1.29 is 14.6 Å². The summed E-state index contributed by atoms with van der Waals surface area (Å²) in [4.78, 5) is 0. The predicted octanol–water partition coefficient (Wildman–Crippen LogP) is 1.61. The first-order valence-electron chi connectivity index (χ1n) is 6.69. The van der Waals surface area contributed by atoms with Crippen molar-refractivity contribution in [1.29, 1.82) is 0 Å². The highest BCUT2D eigenvalue weighted by Crippen LogP contribution is 2.11. The summed E-state index contributed by atoms with van der Waals surface area (Å²) >= 11 is 0. The molecule has 108 valence electrons. The molecule has 0 radical (unpaired) electrons. The number of benzene rings is 1. The van der Waals surface area contributed by atoms with Crippen LogP contribution in [0.4, 0.5) is 0 Å². The molecule has 1 rings (SSSR count). The molecule has 0 amide bonds. The van der Waals surface area contributed by atoms with Crippen molar-refractivity contribution >= 4 is 0 Å². The Morgan fingerprint density at radius 3 is 2.47 bits per heavy atom. The van der Waals surface area contributed by atoms with Crippen molar-refractivity contribution in [3.63, 3.8) is 0 Å². The summed E-state index contributed by atoms with van der Waals surface area (Å²) in [5, 5.41) is 13.0. The van der Waals surface area contributed by atoms with E-state index in [1.165, 1.54) is 5.56 Å². The third-order valence-electron chi connectivity index (χ3n) is 2.79. The molecule has 2 N–H and O–H groups in total. The third-order valence-corrected chi connectivity index (χ3v) is 2.79. The first-order chi connectivity index (χ1) is 9.11. The van der Waals surface area contributed by atoms with Crippen LogP contribution in [0, 0.1) is 12.8 Å². The van der Waals surface area contributed by atoms with Gasteiger partial charge in [-0.25, -0.2) is 0 Å². The fourth-order valence-electron chi connectivity index (χ4n) is 1.73. The monoisotopic (exact) mass is 267 g/mol. The summed E-state index contributed by atoms with van der Waals surface area (Å²) in [7, 11) is 1.70. The first-order valence-corrected chi connectivity index (χ1v) is 6.69. The Bertz CT molecular complexity index is 340. The Morgan fingerprint density at radius 1 is 1.16 bits per heavy atom. The van der Waals surface area contributed by atoms with Gasteiger partial charge in [-0.3, -0.25) is 0 Å². The predicted molar refractivity (Wildman–Crippen MR) is 76.6 cm³/mol. The Hall–Kier alpha value is -1.10. The van der Waals surface area contributed by atoms with Crippen LogP contribution in [-0.2, 0) is 4.74 Å². The number of methoxy groups -OCH3 is 1. The van der Waals surface area contributed by atoms with E-state index in [-0.39, 0.29) is 0 Å². The quantitative estimate of drug-likeness (QED) is 0.713. The molecule has 1 aromatic carbocycles. The maximum atomic E-state index is 9.79. The molecule has 0 aromatic heterocycles. The topological polar surface area (TPSA) is 50.7 Å². The van der Waals surface area contributed by atoms with Crippen molar-refractivity contribution in [2.24, 2.45) is 5.92 Å². The Balaban J connectivity index is 2.14. The molecular weight excluding hydrogens is 242 g/mol. The van der Waals surface area contributed by atoms with Gasteiger partial charge in [-0.2, -0.15) is 0 Å². The zero-order valence-electron chi connectivity index (χ0n) is 12.1. The zero-order chi connectivity index (χ0) is 14.1. The minimum absolute atomic E-state index is 0.300. The molecule has 0 aliphatic heterocycles. The number of ether oxygens (including phenoxy) is 2. The minimum Gasteiger partial charge on any atom is -0.491 e. The fraction of sp³-hybridized carbons (Fsp3) is 0.600. The highest BCUT2D eigenvalue weighted by Gasteiger charge is 2.06. The lowest BCUT2D eigenvalue weighted by Crippen LogP contribution is -2.34. The fourth-order valence-corrected chi connectivity index (χ4v) is 1.73. The minimum atomic E-state index is -0.504. The summed E-state index contributed by atoms with van der Waals surface area (Å²) in [6.45, 7) is 6.52. The molecule has 19 heavy (non-hydrogen) atoms. The van der Waals surface area contributed by atoms with Crippen LogP contribution in [0.15, 0.2) is 24.3 Å². The maximum Gasteiger partial charge on any atom is 0.119 e. The lowest BCUT2D eigenvalue weighted by molar-refractivity contribution is 0.102. The second-order valence-electron chi connectivity index (χ2n) is 5.00. The summed E-state index contributed by atoms with van der Waals surface area (Å²) in [5.74, 6) is 1.23. The molecule has 0 aliphatic rings. The summed E-state index contributed by atoms with van der Waals surface area (Å²) < 4.78 is 10.6. The van der Waals surface area contributed by atoms with Gasteiger partial charge in [0.1, 0.15) is 18.5 Å². The highest BCUT2D eigenvalue weighted by molar-refractivity contribution is 5.26. The molecule has 1 aromatic rings. The van der Waals surface area contributed by atoms with Crippen LogP contribution in [0.1, 0.15) is 12.5 Å². The molecular formula is C15H25NO3. The lowest BCUT2D eigenvalue weighted by atomic mass is 10.2. The van der Waals surface area contributed by atoms with Crippen LogP contribution in [0.25, 0.3) is 0 Å². The zero-order valence-corrected chi connectivity index (χ0v) is 12.1. The van der Waals surface area contributed by atoms with Crippen LogP contribution in [-0.4, -0.2) is 44.6 Å². The van der Waals surface area contributed by atoms with E-state index in [4.69, 9.17) is 9.47 Å². The Morgan fingerprint density at radius 2 is 1.84 bits per heavy atom. The standard InChI is InChI=1S/C15H25NO3/c1-12-4-6-15(7-5-12)19-11-14(17)9-16-8-13(2)10-18-3/h4-7,13-14,16-17H,8-11H2,1-3H3. The van der Waals surface area contributed by atoms with Gasteiger partial charge in [0.15, 0.2) is 0 Å². The van der Waals surface area contributed by atoms with E-state index < -0.39 is 6.10 Å². The van der Waals surface area contributed by atoms with Crippen molar-refractivity contribution in [2.45, 2.75) is 20.0 Å². The van der Waals surface area contributed by atoms with Crippen LogP contribution in [0.2, 0.25) is 0 Å². The van der Waals surface area contributed by atoms with Gasteiger partial charge in [-0.05, 0) is 31.5 Å². The number of hydrogen-bond donors (Lipinski definition) is 2. The molecule has 0 fully saturated rings. The normalized spacial score (nSPS) is 14.1. The number of aryl methyl sites for hydroxylation is 1. The lowest BCUT2D eigenvalue weighted by Gasteiger charge is -2.15. The van der Waals surface area contributed by atoms with E-state index in [0.29, 0.717) is 19.1 Å². The highest BCUT2D eigenvalue weighted by atomic mass is 16.5. The van der Waals surface area contributed by atoms with E-state index in [2.05, 4.69) is 12.2 Å². The number of aliphatic hydroxyl groups excluding tert-OH is 1. The van der Waals surface area contributed by atoms with Crippen molar-refractivity contribution in [3.05, 3.63) is 29.8 Å². The van der Waals surface area contributed by atoms with E-state index in [9.17, 15) is 5.11 Å². The third kappa shape index (κ3) is 7.15. The van der Waals surface area contributed by atoms with Gasteiger partial charge in [0.05, 0.1) is 0 Å². The van der Waals surface area contributed by atoms with Crippen LogP contribution < -0.4 is 10.1 Å². The number of nitrogens with one attached hydrogen (secondary N) is 1. The van der Waals surface area contributed by atoms with E-state index in [1.807, 2.05) is 31.2 Å². The van der Waals surface area contributed by atoms with Crippen molar-refractivity contribution in [2.75, 3.05) is 33.4 Å². The molecule has 0 spiro atoms. The maximum absolute atomic E-state index is 9.79. The van der Waals surface area contributed by atoms with Gasteiger partial charge in [0.25, 0.3) is 0 Å². The molecule has 0 aliphatic carbocycles. The second-order valence-corrected chi connectivity index (χ2v) is 5.00. The average Bonchev–Trinajstić information content (AvgIpc) is 2.38. The Kier molecular flexibility index (Phi) is 7.48. The van der Waals surface area contributed by atoms with Crippen LogP contribution >= 0.6 is 0 Å². The van der Waals surface area contributed by atoms with Gasteiger partial charge in [-0.1, -0.05) is 24.6 Å². The molecule has 0 saturated carbocycles. The van der Waals surface area contributed by atoms with E-state index in [0.717, 1.165) is 18.9 Å². The largest absolute Gasteiger partial charge is 0.491 e. The molecule has 2 atom stereocenters. The Labute approximate surface area is 115 Å². The molecule has 4 nitrogen and oxygen atoms in total. The average molecular weight is 267 g/mol. The molecule has 2 unspecified atom stereocenters. The molecule has 0 heterocycles. The van der Waals surface area contributed by atoms with Gasteiger partial charge < -0.3 is 19.9 Å². The van der Waals surface area contributed by atoms with Gasteiger partial charge in [0, 0.05) is 20.3 Å². The molecule has 4 heteroatoms. The summed E-state index contributed by atoms with van der Waals surface area (Å²) in [5.41, 5.74) is 1.20. The number of aliphatic hydroxyl groups is 1. The van der Waals surface area contributed by atoms with Gasteiger partial charge in [-0.15, -0.1) is 0 Å². The summed E-state index contributed by atoms with van der Waals surface area (Å²) in [6.07, 6.45) is -0.504. The van der Waals surface area contributed by atoms with E-state index in [1.54, 1.807) is 7.11 Å². The SMILES string of the molecule is COCC(C)CNCC(O)COc1ccc(C)cc1. The molecule has 0 saturated heterocycles. The van der Waals surface area contributed by atoms with E-state index >= 15 is 0 Å². The molecule has 0 bridgehead atoms. The van der Waals surface area contributed by atoms with Crippen LogP contribution in [0.5, 0.6) is 5.75 Å². The van der Waals surface area contributed by atoms with Crippen molar-refractivity contribution in [3.8, 4) is 5.75 Å². The number of hydrogen-bond acceptors (Lipinski definition) is 4. The van der Waals surface area contributed by atoms with Gasteiger partial charge in [0.2, 0.25) is 0 Å². The first kappa shape index (κ1) is 16.0. The summed E-state index contributed by atoms with van der Waals surface area (Å²) in [6, 6.07) is 7.81. The van der Waals surface area contributed by atoms with Crippen LogP contribution in [0.3, 0.4) is 0 Å². The van der Waals surface area contributed by atoms with Crippen molar-refractivity contribution in [1.82, 2.24) is 5.32 Å².